The van der Waals surface area contributed by atoms with Gasteiger partial charge in [0.05, 0.1) is 5.38 Å². The Hall–Kier alpha value is -0.730. The lowest BCUT2D eigenvalue weighted by Gasteiger charge is -2.07. The maximum Gasteiger partial charge on any atom is 0.169 e. The fraction of sp³-hybridized carbons (Fsp3) is 0.231. The van der Waals surface area contributed by atoms with Crippen LogP contribution in [0, 0.1) is 6.92 Å². The van der Waals surface area contributed by atoms with Crippen LogP contribution in [0.5, 0.6) is 0 Å². The summed E-state index contributed by atoms with van der Waals surface area (Å²) in [5.41, 5.74) is 2.48. The largest absolute Gasteiger partial charge is 0.453 e. The second-order valence-corrected chi connectivity index (χ2v) is 5.11. The standard InChI is InChI=1S/C13H12BrClO/c1-9-3-2-4-10(7-9)8-11(15)12-5-6-13(14)16-12/h2-7,11H,8H2,1H3. The van der Waals surface area contributed by atoms with Crippen LogP contribution >= 0.6 is 27.5 Å². The van der Waals surface area contributed by atoms with Crippen LogP contribution in [0.4, 0.5) is 0 Å². The van der Waals surface area contributed by atoms with Crippen LogP contribution in [0.25, 0.3) is 0 Å². The van der Waals surface area contributed by atoms with Crippen molar-refractivity contribution in [1.82, 2.24) is 0 Å². The van der Waals surface area contributed by atoms with Crippen LogP contribution < -0.4 is 0 Å². The van der Waals surface area contributed by atoms with Crippen LogP contribution in [-0.2, 0) is 6.42 Å². The molecule has 0 bridgehead atoms. The predicted octanol–water partition coefficient (Wildman–Crippen LogP) is 4.87. The van der Waals surface area contributed by atoms with E-state index in [1.807, 2.05) is 18.2 Å². The van der Waals surface area contributed by atoms with E-state index in [0.717, 1.165) is 16.9 Å². The molecule has 0 spiro atoms. The molecule has 0 saturated carbocycles. The Morgan fingerprint density at radius 3 is 2.75 bits per heavy atom. The highest BCUT2D eigenvalue weighted by Crippen LogP contribution is 2.28. The topological polar surface area (TPSA) is 13.1 Å². The van der Waals surface area contributed by atoms with Crippen molar-refractivity contribution in [3.05, 3.63) is 58.0 Å². The molecule has 3 heteroatoms. The molecule has 16 heavy (non-hydrogen) atoms. The summed E-state index contributed by atoms with van der Waals surface area (Å²) < 4.78 is 6.15. The predicted molar refractivity (Wildman–Crippen MR) is 69.9 cm³/mol. The minimum atomic E-state index is -0.118. The molecule has 0 aliphatic heterocycles. The Labute approximate surface area is 109 Å². The van der Waals surface area contributed by atoms with Gasteiger partial charge in [-0.05, 0) is 47.0 Å². The lowest BCUT2D eigenvalue weighted by Crippen LogP contribution is -1.94. The van der Waals surface area contributed by atoms with Crippen LogP contribution in [-0.4, -0.2) is 0 Å². The van der Waals surface area contributed by atoms with Crippen molar-refractivity contribution in [2.45, 2.75) is 18.7 Å². The number of aryl methyl sites for hydroxylation is 1. The van der Waals surface area contributed by atoms with Crippen molar-refractivity contribution in [2.75, 3.05) is 0 Å². The first-order valence-corrected chi connectivity index (χ1v) is 6.33. The quantitative estimate of drug-likeness (QED) is 0.737. The van der Waals surface area contributed by atoms with E-state index < -0.39 is 0 Å². The summed E-state index contributed by atoms with van der Waals surface area (Å²) in [5, 5.41) is -0.118. The van der Waals surface area contributed by atoms with Crippen LogP contribution in [0.1, 0.15) is 22.3 Å². The van der Waals surface area contributed by atoms with E-state index in [4.69, 9.17) is 16.0 Å². The van der Waals surface area contributed by atoms with Crippen LogP contribution in [0.15, 0.2) is 45.5 Å². The second kappa shape index (κ2) is 5.07. The SMILES string of the molecule is Cc1cccc(CC(Cl)c2ccc(Br)o2)c1. The Kier molecular flexibility index (Phi) is 3.72. The maximum absolute atomic E-state index is 6.29. The molecule has 1 heterocycles. The Morgan fingerprint density at radius 2 is 2.12 bits per heavy atom. The molecule has 2 aromatic rings. The van der Waals surface area contributed by atoms with Gasteiger partial charge in [-0.1, -0.05) is 29.8 Å². The third kappa shape index (κ3) is 2.89. The van der Waals surface area contributed by atoms with E-state index in [2.05, 4.69) is 41.1 Å². The molecular weight excluding hydrogens is 287 g/mol. The molecule has 2 rings (SSSR count). The number of furan rings is 1. The van der Waals surface area contributed by atoms with E-state index >= 15 is 0 Å². The zero-order chi connectivity index (χ0) is 11.5. The number of hydrogen-bond acceptors (Lipinski definition) is 1. The Morgan fingerprint density at radius 1 is 1.31 bits per heavy atom. The molecule has 0 radical (unpaired) electrons. The highest BCUT2D eigenvalue weighted by Gasteiger charge is 2.12. The van der Waals surface area contributed by atoms with Gasteiger partial charge in [0, 0.05) is 0 Å². The van der Waals surface area contributed by atoms with Gasteiger partial charge in [-0.2, -0.15) is 0 Å². The van der Waals surface area contributed by atoms with E-state index in [1.54, 1.807) is 0 Å². The summed E-state index contributed by atoms with van der Waals surface area (Å²) >= 11 is 9.56. The van der Waals surface area contributed by atoms with Gasteiger partial charge in [0.25, 0.3) is 0 Å². The van der Waals surface area contributed by atoms with Crippen molar-refractivity contribution in [3.8, 4) is 0 Å². The van der Waals surface area contributed by atoms with Crippen molar-refractivity contribution >= 4 is 27.5 Å². The third-order valence-corrected chi connectivity index (χ3v) is 3.20. The maximum atomic E-state index is 6.29. The molecule has 84 valence electrons. The van der Waals surface area contributed by atoms with Crippen molar-refractivity contribution in [1.29, 1.82) is 0 Å². The summed E-state index contributed by atoms with van der Waals surface area (Å²) in [6.45, 7) is 2.08. The lowest BCUT2D eigenvalue weighted by molar-refractivity contribution is 0.481. The molecule has 0 amide bonds. The van der Waals surface area contributed by atoms with Gasteiger partial charge in [-0.25, -0.2) is 0 Å². The van der Waals surface area contributed by atoms with Crippen molar-refractivity contribution in [3.63, 3.8) is 0 Å². The third-order valence-electron chi connectivity index (χ3n) is 2.40. The normalized spacial score (nSPS) is 12.7. The van der Waals surface area contributed by atoms with Gasteiger partial charge in [0.2, 0.25) is 0 Å². The summed E-state index contributed by atoms with van der Waals surface area (Å²) in [5.74, 6) is 0.801. The number of halogens is 2. The summed E-state index contributed by atoms with van der Waals surface area (Å²) in [4.78, 5) is 0. The second-order valence-electron chi connectivity index (χ2n) is 3.80. The van der Waals surface area contributed by atoms with E-state index in [9.17, 15) is 0 Å². The van der Waals surface area contributed by atoms with Gasteiger partial charge in [-0.3, -0.25) is 0 Å². The summed E-state index contributed by atoms with van der Waals surface area (Å²) in [6, 6.07) is 12.1. The van der Waals surface area contributed by atoms with Crippen molar-refractivity contribution in [2.24, 2.45) is 0 Å². The number of rotatable bonds is 3. The minimum absolute atomic E-state index is 0.118. The molecular formula is C13H12BrClO. The molecule has 1 nitrogen and oxygen atoms in total. The van der Waals surface area contributed by atoms with Gasteiger partial charge in [-0.15, -0.1) is 11.6 Å². The fourth-order valence-electron chi connectivity index (χ4n) is 1.64. The molecule has 0 aliphatic rings. The average molecular weight is 300 g/mol. The first-order chi connectivity index (χ1) is 7.65. The first-order valence-electron chi connectivity index (χ1n) is 5.10. The fourth-order valence-corrected chi connectivity index (χ4v) is 2.26. The zero-order valence-corrected chi connectivity index (χ0v) is 11.3. The first kappa shape index (κ1) is 11.7. The van der Waals surface area contributed by atoms with Crippen molar-refractivity contribution < 1.29 is 4.42 Å². The minimum Gasteiger partial charge on any atom is -0.453 e. The highest BCUT2D eigenvalue weighted by atomic mass is 79.9. The molecule has 0 N–H and O–H groups in total. The smallest absolute Gasteiger partial charge is 0.169 e. The Balaban J connectivity index is 2.10. The van der Waals surface area contributed by atoms with Gasteiger partial charge in [0.1, 0.15) is 5.76 Å². The van der Waals surface area contributed by atoms with Crippen LogP contribution in [0.2, 0.25) is 0 Å². The molecule has 1 aromatic heterocycles. The Bertz CT molecular complexity index is 478. The van der Waals surface area contributed by atoms with Crippen LogP contribution in [0.3, 0.4) is 0 Å². The summed E-state index contributed by atoms with van der Waals surface area (Å²) in [6.07, 6.45) is 0.781. The molecule has 1 aromatic carbocycles. The number of benzene rings is 1. The van der Waals surface area contributed by atoms with Gasteiger partial charge in [0.15, 0.2) is 4.67 Å². The van der Waals surface area contributed by atoms with E-state index in [0.29, 0.717) is 0 Å². The van der Waals surface area contributed by atoms with Gasteiger partial charge >= 0.3 is 0 Å². The summed E-state index contributed by atoms with van der Waals surface area (Å²) in [7, 11) is 0. The van der Waals surface area contributed by atoms with Gasteiger partial charge < -0.3 is 4.42 Å². The zero-order valence-electron chi connectivity index (χ0n) is 8.91. The van der Waals surface area contributed by atoms with E-state index in [1.165, 1.54) is 11.1 Å². The number of hydrogen-bond donors (Lipinski definition) is 0. The lowest BCUT2D eigenvalue weighted by atomic mass is 10.1. The average Bonchev–Trinajstić information content (AvgIpc) is 2.65. The molecule has 0 aliphatic carbocycles. The monoisotopic (exact) mass is 298 g/mol. The van der Waals surface area contributed by atoms with E-state index in [-0.39, 0.29) is 5.38 Å². The number of alkyl halides is 1. The highest BCUT2D eigenvalue weighted by molar-refractivity contribution is 9.10. The molecule has 1 atom stereocenters. The molecule has 0 fully saturated rings. The molecule has 0 saturated heterocycles. The molecule has 1 unspecified atom stereocenters.